The maximum absolute atomic E-state index is 11.2. The third kappa shape index (κ3) is 4.80. The number of anilines is 1. The topological polar surface area (TPSA) is 72.2 Å². The Kier molecular flexibility index (Phi) is 4.95. The molecule has 3 N–H and O–H groups in total. The minimum atomic E-state index is -3.02. The predicted molar refractivity (Wildman–Crippen MR) is 80.1 cm³/mol. The zero-order valence-electron chi connectivity index (χ0n) is 10.1. The van der Waals surface area contributed by atoms with E-state index in [9.17, 15) is 8.42 Å². The van der Waals surface area contributed by atoms with Gasteiger partial charge in [0.15, 0.2) is 0 Å². The molecule has 1 aromatic carbocycles. The van der Waals surface area contributed by atoms with Gasteiger partial charge in [-0.25, -0.2) is 8.42 Å². The Bertz CT molecular complexity index is 558. The number of halogens is 1. The summed E-state index contributed by atoms with van der Waals surface area (Å²) in [5.74, 6) is 0.0420. The van der Waals surface area contributed by atoms with Crippen molar-refractivity contribution in [3.8, 4) is 0 Å². The molecule has 0 saturated heterocycles. The van der Waals surface area contributed by atoms with Gasteiger partial charge in [0, 0.05) is 17.9 Å². The molecule has 4 nitrogen and oxygen atoms in total. The molecule has 0 bridgehead atoms. The van der Waals surface area contributed by atoms with Crippen LogP contribution in [-0.4, -0.2) is 31.5 Å². The summed E-state index contributed by atoms with van der Waals surface area (Å²) in [4.78, 5) is 0.271. The molecule has 0 aromatic heterocycles. The van der Waals surface area contributed by atoms with Crippen molar-refractivity contribution in [3.05, 3.63) is 28.8 Å². The number of nitrogens with two attached hydrogens (primary N) is 1. The zero-order chi connectivity index (χ0) is 13.9. The molecule has 7 heteroatoms. The molecule has 0 saturated carbocycles. The largest absolute Gasteiger partial charge is 0.389 e. The van der Waals surface area contributed by atoms with Crippen LogP contribution in [0, 0.1) is 0 Å². The molecule has 0 amide bonds. The van der Waals surface area contributed by atoms with Gasteiger partial charge in [-0.2, -0.15) is 0 Å². The van der Waals surface area contributed by atoms with Crippen molar-refractivity contribution < 1.29 is 8.42 Å². The second kappa shape index (κ2) is 5.86. The van der Waals surface area contributed by atoms with Crippen molar-refractivity contribution in [1.29, 1.82) is 0 Å². The molecule has 18 heavy (non-hydrogen) atoms. The SMILES string of the molecule is CC(CS(C)(=O)=O)Nc1ccc(C(N)=S)cc1Cl. The molecule has 0 aliphatic carbocycles. The number of thiocarbonyl (C=S) groups is 1. The molecule has 1 rings (SSSR count). The highest BCUT2D eigenvalue weighted by Gasteiger charge is 2.12. The van der Waals surface area contributed by atoms with E-state index in [1.807, 2.05) is 0 Å². The van der Waals surface area contributed by atoms with E-state index in [1.165, 1.54) is 6.26 Å². The Balaban J connectivity index is 2.83. The van der Waals surface area contributed by atoms with E-state index in [0.717, 1.165) is 0 Å². The summed E-state index contributed by atoms with van der Waals surface area (Å²) in [5, 5.41) is 3.50. The fourth-order valence-electron chi connectivity index (χ4n) is 1.55. The van der Waals surface area contributed by atoms with Crippen LogP contribution in [0.4, 0.5) is 5.69 Å². The smallest absolute Gasteiger partial charge is 0.149 e. The Morgan fingerprint density at radius 1 is 1.56 bits per heavy atom. The van der Waals surface area contributed by atoms with E-state index < -0.39 is 9.84 Å². The van der Waals surface area contributed by atoms with Gasteiger partial charge in [0.05, 0.1) is 16.5 Å². The van der Waals surface area contributed by atoms with E-state index >= 15 is 0 Å². The molecule has 0 aliphatic rings. The first-order valence-electron chi connectivity index (χ1n) is 5.22. The van der Waals surface area contributed by atoms with Gasteiger partial charge in [0.1, 0.15) is 14.8 Å². The van der Waals surface area contributed by atoms with Crippen LogP contribution in [0.25, 0.3) is 0 Å². The molecule has 1 aromatic rings. The second-order valence-corrected chi connectivity index (χ2v) is 7.23. The maximum atomic E-state index is 11.2. The molecule has 0 radical (unpaired) electrons. The van der Waals surface area contributed by atoms with Crippen molar-refractivity contribution in [1.82, 2.24) is 0 Å². The van der Waals surface area contributed by atoms with Gasteiger partial charge in [-0.05, 0) is 25.1 Å². The van der Waals surface area contributed by atoms with Gasteiger partial charge in [0.2, 0.25) is 0 Å². The summed E-state index contributed by atoms with van der Waals surface area (Å²) >= 11 is 10.9. The summed E-state index contributed by atoms with van der Waals surface area (Å²) in [6.07, 6.45) is 1.20. The highest BCUT2D eigenvalue weighted by Crippen LogP contribution is 2.23. The number of sulfone groups is 1. The summed E-state index contributed by atoms with van der Waals surface area (Å²) in [7, 11) is -3.02. The summed E-state index contributed by atoms with van der Waals surface area (Å²) < 4.78 is 22.3. The third-order valence-corrected chi connectivity index (χ3v) is 3.86. The summed E-state index contributed by atoms with van der Waals surface area (Å²) in [5.41, 5.74) is 6.83. The molecule has 0 fully saturated rings. The van der Waals surface area contributed by atoms with Gasteiger partial charge in [-0.3, -0.25) is 0 Å². The highest BCUT2D eigenvalue weighted by molar-refractivity contribution is 7.90. The summed E-state index contributed by atoms with van der Waals surface area (Å²) in [6.45, 7) is 1.78. The van der Waals surface area contributed by atoms with Gasteiger partial charge in [-0.1, -0.05) is 23.8 Å². The quantitative estimate of drug-likeness (QED) is 0.812. The fraction of sp³-hybridized carbons (Fsp3) is 0.364. The second-order valence-electron chi connectivity index (χ2n) is 4.20. The normalized spacial score (nSPS) is 13.1. The van der Waals surface area contributed by atoms with Crippen LogP contribution in [0.1, 0.15) is 12.5 Å². The van der Waals surface area contributed by atoms with E-state index in [-0.39, 0.29) is 16.8 Å². The Labute approximate surface area is 117 Å². The lowest BCUT2D eigenvalue weighted by Crippen LogP contribution is -2.25. The van der Waals surface area contributed by atoms with Crippen molar-refractivity contribution in [3.63, 3.8) is 0 Å². The lowest BCUT2D eigenvalue weighted by Gasteiger charge is -2.15. The Morgan fingerprint density at radius 3 is 2.61 bits per heavy atom. The maximum Gasteiger partial charge on any atom is 0.149 e. The molecule has 1 unspecified atom stereocenters. The monoisotopic (exact) mass is 306 g/mol. The molecule has 0 heterocycles. The molecule has 0 spiro atoms. The minimum Gasteiger partial charge on any atom is -0.389 e. The lowest BCUT2D eigenvalue weighted by atomic mass is 10.2. The van der Waals surface area contributed by atoms with E-state index in [2.05, 4.69) is 5.32 Å². The van der Waals surface area contributed by atoms with E-state index in [4.69, 9.17) is 29.6 Å². The lowest BCUT2D eigenvalue weighted by molar-refractivity contribution is 0.598. The van der Waals surface area contributed by atoms with Crippen LogP contribution in [0.5, 0.6) is 0 Å². The average molecular weight is 307 g/mol. The van der Waals surface area contributed by atoms with Crippen LogP contribution in [0.3, 0.4) is 0 Å². The first kappa shape index (κ1) is 15.2. The van der Waals surface area contributed by atoms with Crippen LogP contribution in [0.15, 0.2) is 18.2 Å². The number of hydrogen-bond acceptors (Lipinski definition) is 4. The van der Waals surface area contributed by atoms with Gasteiger partial charge >= 0.3 is 0 Å². The molecule has 100 valence electrons. The Hall–Kier alpha value is -0.850. The van der Waals surface area contributed by atoms with E-state index in [1.54, 1.807) is 25.1 Å². The van der Waals surface area contributed by atoms with Crippen LogP contribution >= 0.6 is 23.8 Å². The standard InChI is InChI=1S/C11H15ClN2O2S2/c1-7(6-18(2,15)16)14-10-4-3-8(11(13)17)5-9(10)12/h3-5,7,14H,6H2,1-2H3,(H2,13,17). The molecule has 1 atom stereocenters. The van der Waals surface area contributed by atoms with Crippen LogP contribution in [-0.2, 0) is 9.84 Å². The molecular formula is C11H15ClN2O2S2. The van der Waals surface area contributed by atoms with Crippen molar-refractivity contribution in [2.24, 2.45) is 5.73 Å². The Morgan fingerprint density at radius 2 is 2.17 bits per heavy atom. The summed E-state index contributed by atoms with van der Waals surface area (Å²) in [6, 6.07) is 4.90. The van der Waals surface area contributed by atoms with Crippen LogP contribution < -0.4 is 11.1 Å². The van der Waals surface area contributed by atoms with E-state index in [0.29, 0.717) is 16.3 Å². The van der Waals surface area contributed by atoms with Gasteiger partial charge in [-0.15, -0.1) is 0 Å². The fourth-order valence-corrected chi connectivity index (χ4v) is 2.90. The highest BCUT2D eigenvalue weighted by atomic mass is 35.5. The predicted octanol–water partition coefficient (Wildman–Crippen LogP) is 1.82. The minimum absolute atomic E-state index is 0.0420. The first-order chi connectivity index (χ1) is 8.19. The number of nitrogens with one attached hydrogen (secondary N) is 1. The molecular weight excluding hydrogens is 292 g/mol. The third-order valence-electron chi connectivity index (χ3n) is 2.21. The van der Waals surface area contributed by atoms with Crippen molar-refractivity contribution >= 4 is 44.3 Å². The molecule has 0 aliphatic heterocycles. The number of benzene rings is 1. The average Bonchev–Trinajstić information content (AvgIpc) is 2.17. The van der Waals surface area contributed by atoms with Gasteiger partial charge < -0.3 is 11.1 Å². The van der Waals surface area contributed by atoms with Gasteiger partial charge in [0.25, 0.3) is 0 Å². The van der Waals surface area contributed by atoms with Crippen LogP contribution in [0.2, 0.25) is 5.02 Å². The van der Waals surface area contributed by atoms with Crippen molar-refractivity contribution in [2.45, 2.75) is 13.0 Å². The zero-order valence-corrected chi connectivity index (χ0v) is 12.5. The first-order valence-corrected chi connectivity index (χ1v) is 8.07. The number of rotatable bonds is 5. The van der Waals surface area contributed by atoms with Crippen molar-refractivity contribution in [2.75, 3.05) is 17.3 Å². The number of hydrogen-bond donors (Lipinski definition) is 2.